The van der Waals surface area contributed by atoms with Crippen molar-refractivity contribution in [3.05, 3.63) is 168 Å². The zero-order chi connectivity index (χ0) is 58.7. The van der Waals surface area contributed by atoms with Crippen LogP contribution in [0.1, 0.15) is 86.8 Å². The van der Waals surface area contributed by atoms with E-state index >= 15 is 0 Å². The summed E-state index contributed by atoms with van der Waals surface area (Å²) in [7, 11) is 0. The second kappa shape index (κ2) is 30.9. The fraction of sp³-hybridized carbons (Fsp3) is 0.468. The van der Waals surface area contributed by atoms with Gasteiger partial charge < -0.3 is 78.8 Å². The van der Waals surface area contributed by atoms with Crippen LogP contribution in [0.3, 0.4) is 0 Å². The average Bonchev–Trinajstić information content (AvgIpc) is 4.12. The molecule has 21 heteroatoms. The van der Waals surface area contributed by atoms with E-state index < -0.39 is 122 Å². The Bertz CT molecular complexity index is 2740. The van der Waals surface area contributed by atoms with Gasteiger partial charge in [0.25, 0.3) is 5.91 Å². The van der Waals surface area contributed by atoms with E-state index in [9.17, 15) is 34.2 Å². The van der Waals surface area contributed by atoms with Crippen molar-refractivity contribution in [1.29, 1.82) is 0 Å². The van der Waals surface area contributed by atoms with E-state index in [1.807, 2.05) is 113 Å². The first-order valence-electron chi connectivity index (χ1n) is 28.4. The molecule has 0 spiro atoms. The number of hydrogen-bond acceptors (Lipinski definition) is 17. The van der Waals surface area contributed by atoms with Crippen molar-refractivity contribution >= 4 is 30.2 Å². The summed E-state index contributed by atoms with van der Waals surface area (Å²) < 4.78 is 61.5. The third kappa shape index (κ3) is 17.7. The summed E-state index contributed by atoms with van der Waals surface area (Å²) in [5, 5.41) is 36.0. The van der Waals surface area contributed by atoms with Crippen molar-refractivity contribution in [2.45, 2.75) is 172 Å². The number of carbonyl (C=O) groups is 5. The van der Waals surface area contributed by atoms with Gasteiger partial charge in [-0.05, 0) is 60.4 Å². The van der Waals surface area contributed by atoms with E-state index in [1.54, 1.807) is 48.6 Å². The number of aliphatic hydroxyl groups is 2. The predicted molar refractivity (Wildman–Crippen MR) is 299 cm³/mol. The number of hydrogen-bond donors (Lipinski definition) is 6. The van der Waals surface area contributed by atoms with Gasteiger partial charge in [-0.1, -0.05) is 161 Å². The van der Waals surface area contributed by atoms with Crippen molar-refractivity contribution < 1.29 is 81.6 Å². The maximum atomic E-state index is 14.5. The highest BCUT2D eigenvalue weighted by Crippen LogP contribution is 2.37. The molecule has 3 aliphatic heterocycles. The lowest BCUT2D eigenvalue weighted by molar-refractivity contribution is -0.287. The Morgan fingerprint density at radius 2 is 1.01 bits per heavy atom. The standard InChI is InChI=1S/C62H76N4O17/c1-5-43-28-30-45(65-61(72)75-36-40-22-14-9-15-23-40)57(77-43)81-52-38(4)34-47(64-55(69)49(79-56(70)42-26-18-11-19-27-42)32-33-63-60(71)74-35-39-20-12-8-13-21-39)50(67)54(52)83-59-51(68)53(48(7-3)80-59)82-58-46(31-29-44(6-2)78-58)66-62(73)76-37-41-24-16-10-17-25-41/h8-31,38,43-54,57-59,67-68H,5-7,32-37H2,1-4H3,(H,63,71)(H,64,69)(H,65,72)(H,66,73)/t38-,43+,44-,45+,46+,47+,48+,49-,50-,51+,52+,53+,54+,57+,58+,59-/m0/s1. The van der Waals surface area contributed by atoms with E-state index in [-0.39, 0.29) is 50.9 Å². The molecule has 21 nitrogen and oxygen atoms in total. The van der Waals surface area contributed by atoms with Crippen molar-refractivity contribution in [2.24, 2.45) is 5.92 Å². The lowest BCUT2D eigenvalue weighted by Gasteiger charge is -2.46. The minimum absolute atomic E-state index is 0.0000248. The summed E-state index contributed by atoms with van der Waals surface area (Å²) in [6.07, 6.45) is -7.36. The number of alkyl carbamates (subject to hydrolysis) is 3. The van der Waals surface area contributed by atoms with E-state index in [4.69, 9.17) is 47.4 Å². The third-order valence-corrected chi connectivity index (χ3v) is 14.7. The fourth-order valence-electron chi connectivity index (χ4n) is 10.1. The predicted octanol–water partition coefficient (Wildman–Crippen LogP) is 7.04. The lowest BCUT2D eigenvalue weighted by Crippen LogP contribution is -2.63. The van der Waals surface area contributed by atoms with E-state index in [0.717, 1.165) is 16.7 Å². The number of amides is 4. The molecule has 4 aromatic carbocycles. The summed E-state index contributed by atoms with van der Waals surface area (Å²) >= 11 is 0. The minimum Gasteiger partial charge on any atom is -0.449 e. The molecule has 4 amide bonds. The first kappa shape index (κ1) is 61.9. The topological polar surface area (TPSA) is 266 Å². The first-order chi connectivity index (χ1) is 40.3. The summed E-state index contributed by atoms with van der Waals surface area (Å²) in [5.41, 5.74) is 2.51. The highest BCUT2D eigenvalue weighted by atomic mass is 16.8. The molecule has 8 rings (SSSR count). The van der Waals surface area contributed by atoms with Gasteiger partial charge in [0.15, 0.2) is 25.0 Å². The molecular formula is C62H76N4O17. The van der Waals surface area contributed by atoms with Gasteiger partial charge in [-0.2, -0.15) is 0 Å². The molecule has 6 N–H and O–H groups in total. The van der Waals surface area contributed by atoms with Gasteiger partial charge in [0.05, 0.1) is 36.0 Å². The molecule has 1 aliphatic carbocycles. The Morgan fingerprint density at radius 1 is 0.542 bits per heavy atom. The van der Waals surface area contributed by atoms with Gasteiger partial charge in [0, 0.05) is 13.0 Å². The molecule has 16 atom stereocenters. The van der Waals surface area contributed by atoms with E-state index in [1.165, 1.54) is 12.1 Å². The molecule has 0 aromatic heterocycles. The molecule has 3 heterocycles. The molecule has 83 heavy (non-hydrogen) atoms. The van der Waals surface area contributed by atoms with Gasteiger partial charge >= 0.3 is 24.2 Å². The number of nitrogens with one attached hydrogen (secondary N) is 4. The van der Waals surface area contributed by atoms with Crippen LogP contribution >= 0.6 is 0 Å². The fourth-order valence-corrected chi connectivity index (χ4v) is 10.1. The molecule has 1 saturated carbocycles. The highest BCUT2D eigenvalue weighted by Gasteiger charge is 2.53. The van der Waals surface area contributed by atoms with E-state index in [2.05, 4.69) is 21.3 Å². The molecular weight excluding hydrogens is 1070 g/mol. The van der Waals surface area contributed by atoms with Crippen LogP contribution in [0.2, 0.25) is 0 Å². The number of benzene rings is 4. The highest BCUT2D eigenvalue weighted by molar-refractivity contribution is 5.92. The largest absolute Gasteiger partial charge is 0.449 e. The number of ether oxygens (including phenoxy) is 10. The maximum Gasteiger partial charge on any atom is 0.408 e. The van der Waals surface area contributed by atoms with Crippen molar-refractivity contribution in [1.82, 2.24) is 21.3 Å². The summed E-state index contributed by atoms with van der Waals surface area (Å²) in [4.78, 5) is 67.3. The van der Waals surface area contributed by atoms with Gasteiger partial charge in [-0.15, -0.1) is 0 Å². The smallest absolute Gasteiger partial charge is 0.408 e. The maximum absolute atomic E-state index is 14.5. The Kier molecular flexibility index (Phi) is 23.0. The Hall–Kier alpha value is -7.21. The van der Waals surface area contributed by atoms with Crippen molar-refractivity contribution in [3.63, 3.8) is 0 Å². The van der Waals surface area contributed by atoms with Gasteiger partial charge in [-0.3, -0.25) is 4.79 Å². The molecule has 1 saturated heterocycles. The van der Waals surface area contributed by atoms with Crippen LogP contribution in [0.25, 0.3) is 0 Å². The Balaban J connectivity index is 1.01. The summed E-state index contributed by atoms with van der Waals surface area (Å²) in [6, 6.07) is 32.7. The Labute approximate surface area is 483 Å². The zero-order valence-corrected chi connectivity index (χ0v) is 47.0. The van der Waals surface area contributed by atoms with Crippen molar-refractivity contribution in [3.8, 4) is 0 Å². The molecule has 0 unspecified atom stereocenters. The van der Waals surface area contributed by atoms with E-state index in [0.29, 0.717) is 19.3 Å². The summed E-state index contributed by atoms with van der Waals surface area (Å²) in [6.45, 7) is 7.39. The quantitative estimate of drug-likeness (QED) is 0.0233. The SMILES string of the molecule is CC[C@H]1C=C[C@@H](NC(=O)OCc2ccccc2)[C@@H](O[C@H]2[C@@H](O)[C@H](O[C@@H]3[C@@H](O)[C@H](NC(=O)[C@H](CCNC(=O)OCc4ccccc4)OC(=O)c4ccccc4)C[C@H](C)[C@H]3O[C@H]3O[C@H](CC)C=C[C@H]3NC(=O)OCc3ccccc3)O[C@@H]2CC)O1. The average molecular weight is 1150 g/mol. The molecule has 446 valence electrons. The monoisotopic (exact) mass is 1150 g/mol. The number of aliphatic hydroxyl groups excluding tert-OH is 2. The van der Waals surface area contributed by atoms with Crippen LogP contribution < -0.4 is 21.3 Å². The molecule has 4 aromatic rings. The number of esters is 1. The van der Waals surface area contributed by atoms with Gasteiger partial charge in [0.1, 0.15) is 56.3 Å². The Morgan fingerprint density at radius 3 is 1.51 bits per heavy atom. The van der Waals surface area contributed by atoms with Crippen LogP contribution in [0.4, 0.5) is 14.4 Å². The van der Waals surface area contributed by atoms with Gasteiger partial charge in [0.2, 0.25) is 0 Å². The first-order valence-corrected chi connectivity index (χ1v) is 28.4. The second-order valence-corrected chi connectivity index (χ2v) is 20.7. The van der Waals surface area contributed by atoms with Gasteiger partial charge in [-0.25, -0.2) is 19.2 Å². The normalized spacial score (nSPS) is 28.7. The second-order valence-electron chi connectivity index (χ2n) is 20.7. The number of rotatable bonds is 24. The van der Waals surface area contributed by atoms with Crippen LogP contribution in [-0.4, -0.2) is 139 Å². The zero-order valence-electron chi connectivity index (χ0n) is 47.0. The molecule has 0 bridgehead atoms. The van der Waals surface area contributed by atoms with Crippen molar-refractivity contribution in [2.75, 3.05) is 6.54 Å². The summed E-state index contributed by atoms with van der Waals surface area (Å²) in [5.74, 6) is -2.17. The molecule has 4 aliphatic rings. The lowest BCUT2D eigenvalue weighted by atomic mass is 9.80. The molecule has 2 fully saturated rings. The molecule has 0 radical (unpaired) electrons. The van der Waals surface area contributed by atoms with Crippen LogP contribution in [0, 0.1) is 5.92 Å². The van der Waals surface area contributed by atoms with Crippen LogP contribution in [-0.2, 0) is 72.0 Å². The minimum atomic E-state index is -1.61. The number of carbonyl (C=O) groups excluding carboxylic acids is 5. The van der Waals surface area contributed by atoms with Crippen LogP contribution in [0.15, 0.2) is 146 Å². The van der Waals surface area contributed by atoms with Crippen LogP contribution in [0.5, 0.6) is 0 Å². The third-order valence-electron chi connectivity index (χ3n) is 14.7.